The van der Waals surface area contributed by atoms with Crippen molar-refractivity contribution in [1.82, 2.24) is 0 Å². The van der Waals surface area contributed by atoms with Crippen molar-refractivity contribution < 1.29 is 13.5 Å². The van der Waals surface area contributed by atoms with Gasteiger partial charge in [-0.25, -0.2) is 0 Å². The average molecular weight is 185 g/mol. The number of rotatable bonds is 0. The van der Waals surface area contributed by atoms with Crippen LogP contribution in [-0.4, -0.2) is 12.2 Å². The lowest BCUT2D eigenvalue weighted by molar-refractivity contribution is -0.188. The fourth-order valence-electron chi connectivity index (χ4n) is 1.23. The minimum absolute atomic E-state index is 0.200. The summed E-state index contributed by atoms with van der Waals surface area (Å²) in [6.45, 7) is 1.38. The molecular weight excluding hydrogens is 176 g/mol. The Balaban J connectivity index is 2.39. The van der Waals surface area contributed by atoms with Gasteiger partial charge in [0, 0.05) is 0 Å². The van der Waals surface area contributed by atoms with Gasteiger partial charge < -0.3 is 10.1 Å². The van der Waals surface area contributed by atoms with Crippen molar-refractivity contribution in [3.63, 3.8) is 0 Å². The molecule has 0 radical (unpaired) electrons. The Morgan fingerprint density at radius 3 is 2.85 bits per heavy atom. The highest BCUT2D eigenvalue weighted by Crippen LogP contribution is 2.37. The largest absolute Gasteiger partial charge is 0.429 e. The van der Waals surface area contributed by atoms with E-state index < -0.39 is 12.2 Å². The van der Waals surface area contributed by atoms with E-state index in [0.717, 1.165) is 0 Å². The van der Waals surface area contributed by atoms with Crippen LogP contribution in [0.3, 0.4) is 0 Å². The maximum Gasteiger partial charge on any atom is 0.418 e. The molecule has 0 amide bonds. The number of anilines is 1. The van der Waals surface area contributed by atoms with Crippen LogP contribution >= 0.6 is 0 Å². The van der Waals surface area contributed by atoms with Crippen molar-refractivity contribution >= 4 is 5.69 Å². The first kappa shape index (κ1) is 8.29. The van der Waals surface area contributed by atoms with Gasteiger partial charge in [0.2, 0.25) is 0 Å². The molecule has 1 N–H and O–H groups in total. The molecule has 0 bridgehead atoms. The van der Waals surface area contributed by atoms with Gasteiger partial charge in [0.25, 0.3) is 0 Å². The highest BCUT2D eigenvalue weighted by Gasteiger charge is 2.43. The summed E-state index contributed by atoms with van der Waals surface area (Å²) in [5.74, 6) is 0.200. The van der Waals surface area contributed by atoms with E-state index in [0.29, 0.717) is 5.69 Å². The lowest BCUT2D eigenvalue weighted by Crippen LogP contribution is -2.45. The van der Waals surface area contributed by atoms with Gasteiger partial charge in [-0.2, -0.15) is 8.78 Å². The topological polar surface area (TPSA) is 21.3 Å². The smallest absolute Gasteiger partial charge is 0.418 e. The first-order chi connectivity index (χ1) is 6.09. The fourth-order valence-corrected chi connectivity index (χ4v) is 1.23. The molecule has 2 nitrogen and oxygen atoms in total. The van der Waals surface area contributed by atoms with Crippen molar-refractivity contribution in [2.75, 3.05) is 5.32 Å². The van der Waals surface area contributed by atoms with Gasteiger partial charge in [0.05, 0.1) is 5.69 Å². The summed E-state index contributed by atoms with van der Waals surface area (Å²) in [7, 11) is 0. The maximum absolute atomic E-state index is 13.0. The monoisotopic (exact) mass is 185 g/mol. The van der Waals surface area contributed by atoms with E-state index >= 15 is 0 Å². The second kappa shape index (κ2) is 2.58. The summed E-state index contributed by atoms with van der Waals surface area (Å²) in [5.41, 5.74) is 0.612. The highest BCUT2D eigenvalue weighted by molar-refractivity contribution is 5.58. The van der Waals surface area contributed by atoms with Crippen LogP contribution in [-0.2, 0) is 0 Å². The minimum atomic E-state index is -3.13. The Kier molecular flexibility index (Phi) is 1.65. The van der Waals surface area contributed by atoms with Crippen molar-refractivity contribution in [2.24, 2.45) is 0 Å². The van der Waals surface area contributed by atoms with E-state index in [9.17, 15) is 8.78 Å². The van der Waals surface area contributed by atoms with Crippen LogP contribution in [0.25, 0.3) is 0 Å². The fraction of sp³-hybridized carbons (Fsp3) is 0.333. The van der Waals surface area contributed by atoms with Crippen LogP contribution in [0.15, 0.2) is 24.3 Å². The third-order valence-electron chi connectivity index (χ3n) is 2.01. The van der Waals surface area contributed by atoms with E-state index in [1.807, 2.05) is 0 Å². The summed E-state index contributed by atoms with van der Waals surface area (Å²) >= 11 is 0. The molecule has 0 spiro atoms. The molecule has 1 aromatic rings. The number of benzene rings is 1. The molecule has 1 atom stereocenters. The number of nitrogens with one attached hydrogen (secondary N) is 1. The van der Waals surface area contributed by atoms with Gasteiger partial charge in [-0.15, -0.1) is 0 Å². The number of hydrogen-bond acceptors (Lipinski definition) is 2. The third kappa shape index (κ3) is 1.32. The van der Waals surface area contributed by atoms with E-state index in [1.165, 1.54) is 13.0 Å². The van der Waals surface area contributed by atoms with Gasteiger partial charge in [0.15, 0.2) is 0 Å². The third-order valence-corrected chi connectivity index (χ3v) is 2.01. The van der Waals surface area contributed by atoms with E-state index in [2.05, 4.69) is 10.1 Å². The zero-order chi connectivity index (χ0) is 9.47. The molecule has 0 aromatic heterocycles. The summed E-state index contributed by atoms with van der Waals surface area (Å²) in [5, 5.41) is 2.68. The Morgan fingerprint density at radius 2 is 2.08 bits per heavy atom. The van der Waals surface area contributed by atoms with Crippen molar-refractivity contribution in [2.45, 2.75) is 19.1 Å². The van der Waals surface area contributed by atoms with Crippen molar-refractivity contribution in [3.05, 3.63) is 24.3 Å². The van der Waals surface area contributed by atoms with Crippen LogP contribution < -0.4 is 10.1 Å². The number of ether oxygens (including phenoxy) is 1. The highest BCUT2D eigenvalue weighted by atomic mass is 19.3. The molecule has 13 heavy (non-hydrogen) atoms. The molecular formula is C9H9F2NO. The van der Waals surface area contributed by atoms with E-state index in [4.69, 9.17) is 0 Å². The normalized spacial score (nSPS) is 24.1. The van der Waals surface area contributed by atoms with Crippen LogP contribution in [0.1, 0.15) is 6.92 Å². The Bertz CT molecular complexity index is 327. The van der Waals surface area contributed by atoms with Gasteiger partial charge in [-0.1, -0.05) is 12.1 Å². The summed E-state index contributed by atoms with van der Waals surface area (Å²) in [6, 6.07) is 5.66. The molecule has 1 unspecified atom stereocenters. The molecule has 1 aliphatic rings. The van der Waals surface area contributed by atoms with Crippen LogP contribution in [0.4, 0.5) is 14.5 Å². The standard InChI is InChI=1S/C9H9F2NO/c1-6-9(10,11)13-8-5-3-2-4-7(8)12-6/h2-6,12H,1H3. The van der Waals surface area contributed by atoms with Crippen molar-refractivity contribution in [3.8, 4) is 5.75 Å². The molecule has 0 fully saturated rings. The quantitative estimate of drug-likeness (QED) is 0.670. The summed E-state index contributed by atoms with van der Waals surface area (Å²) < 4.78 is 30.5. The van der Waals surface area contributed by atoms with Gasteiger partial charge in [0.1, 0.15) is 11.8 Å². The average Bonchev–Trinajstić information content (AvgIpc) is 2.06. The van der Waals surface area contributed by atoms with Crippen LogP contribution in [0, 0.1) is 0 Å². The Labute approximate surface area is 74.5 Å². The Morgan fingerprint density at radius 1 is 1.38 bits per heavy atom. The van der Waals surface area contributed by atoms with E-state index in [1.54, 1.807) is 18.2 Å². The number of fused-ring (bicyclic) bond motifs is 1. The first-order valence-electron chi connectivity index (χ1n) is 4.02. The molecule has 1 aromatic carbocycles. The minimum Gasteiger partial charge on any atom is -0.429 e. The SMILES string of the molecule is CC1Nc2ccccc2OC1(F)F. The van der Waals surface area contributed by atoms with Gasteiger partial charge >= 0.3 is 6.11 Å². The summed E-state index contributed by atoms with van der Waals surface area (Å²) in [4.78, 5) is 0. The van der Waals surface area contributed by atoms with Gasteiger partial charge in [-0.05, 0) is 19.1 Å². The molecule has 4 heteroatoms. The zero-order valence-corrected chi connectivity index (χ0v) is 7.05. The molecule has 70 valence electrons. The second-order valence-corrected chi connectivity index (χ2v) is 3.03. The first-order valence-corrected chi connectivity index (χ1v) is 4.02. The maximum atomic E-state index is 13.0. The molecule has 1 aliphatic heterocycles. The molecule has 0 saturated heterocycles. The Hall–Kier alpha value is -1.32. The molecule has 0 saturated carbocycles. The molecule has 1 heterocycles. The van der Waals surface area contributed by atoms with Crippen LogP contribution in [0.5, 0.6) is 5.75 Å². The predicted molar refractivity (Wildman–Crippen MR) is 45.1 cm³/mol. The number of alkyl halides is 2. The van der Waals surface area contributed by atoms with Crippen molar-refractivity contribution in [1.29, 1.82) is 0 Å². The number of hydrogen-bond donors (Lipinski definition) is 1. The van der Waals surface area contributed by atoms with E-state index in [-0.39, 0.29) is 5.75 Å². The number of halogens is 2. The molecule has 2 rings (SSSR count). The summed E-state index contributed by atoms with van der Waals surface area (Å²) in [6.07, 6.45) is -3.13. The zero-order valence-electron chi connectivity index (χ0n) is 7.05. The molecule has 0 aliphatic carbocycles. The predicted octanol–water partition coefficient (Wildman–Crippen LogP) is 2.47. The lowest BCUT2D eigenvalue weighted by atomic mass is 10.2. The lowest BCUT2D eigenvalue weighted by Gasteiger charge is -2.31. The van der Waals surface area contributed by atoms with Gasteiger partial charge in [-0.3, -0.25) is 0 Å². The second-order valence-electron chi connectivity index (χ2n) is 3.03. The number of para-hydroxylation sites is 2. The van der Waals surface area contributed by atoms with Crippen LogP contribution in [0.2, 0.25) is 0 Å².